The van der Waals surface area contributed by atoms with Crippen molar-refractivity contribution in [2.24, 2.45) is 0 Å². The van der Waals surface area contributed by atoms with E-state index in [1.54, 1.807) is 0 Å². The van der Waals surface area contributed by atoms with Crippen LogP contribution < -0.4 is 14.4 Å². The Kier molecular flexibility index (Phi) is 5.00. The fourth-order valence-corrected chi connectivity index (χ4v) is 3.71. The van der Waals surface area contributed by atoms with Crippen LogP contribution in [0.1, 0.15) is 17.2 Å². The van der Waals surface area contributed by atoms with E-state index in [4.69, 9.17) is 9.47 Å². The maximum atomic E-state index is 10.6. The number of benzene rings is 2. The van der Waals surface area contributed by atoms with Gasteiger partial charge in [-0.05, 0) is 36.2 Å². The zero-order valence-electron chi connectivity index (χ0n) is 15.2. The minimum absolute atomic E-state index is 0.518. The van der Waals surface area contributed by atoms with E-state index in [0.717, 1.165) is 43.2 Å². The molecule has 2 heterocycles. The van der Waals surface area contributed by atoms with Crippen molar-refractivity contribution in [1.82, 2.24) is 4.90 Å². The summed E-state index contributed by atoms with van der Waals surface area (Å²) in [6.45, 7) is 7.82. The number of nitrogens with zero attached hydrogens (tertiary/aromatic N) is 2. The molecule has 0 saturated carbocycles. The number of hydrogen-bond acceptors (Lipinski definition) is 5. The summed E-state index contributed by atoms with van der Waals surface area (Å²) in [5.74, 6) is 1.50. The van der Waals surface area contributed by atoms with E-state index in [9.17, 15) is 5.11 Å². The maximum Gasteiger partial charge on any atom is 0.161 e. The Morgan fingerprint density at radius 2 is 1.69 bits per heavy atom. The SMILES string of the molecule is Cc1ccccc1N1CCN(CC(O)c2ccc3c(c2)OCCO3)CC1. The lowest BCUT2D eigenvalue weighted by atomic mass is 10.1. The number of piperazine rings is 1. The van der Waals surface area contributed by atoms with Gasteiger partial charge in [0.25, 0.3) is 0 Å². The van der Waals surface area contributed by atoms with Crippen molar-refractivity contribution < 1.29 is 14.6 Å². The van der Waals surface area contributed by atoms with E-state index >= 15 is 0 Å². The molecule has 1 unspecified atom stereocenters. The Labute approximate surface area is 154 Å². The largest absolute Gasteiger partial charge is 0.486 e. The Morgan fingerprint density at radius 1 is 0.962 bits per heavy atom. The highest BCUT2D eigenvalue weighted by atomic mass is 16.6. The number of aliphatic hydroxyl groups is 1. The van der Waals surface area contributed by atoms with Crippen LogP contribution in [0.4, 0.5) is 5.69 Å². The summed E-state index contributed by atoms with van der Waals surface area (Å²) >= 11 is 0. The topological polar surface area (TPSA) is 45.2 Å². The average Bonchev–Trinajstić information content (AvgIpc) is 2.69. The Morgan fingerprint density at radius 3 is 2.46 bits per heavy atom. The monoisotopic (exact) mass is 354 g/mol. The highest BCUT2D eigenvalue weighted by molar-refractivity contribution is 5.53. The van der Waals surface area contributed by atoms with Gasteiger partial charge in [0.15, 0.2) is 11.5 Å². The molecule has 4 rings (SSSR count). The minimum Gasteiger partial charge on any atom is -0.486 e. The molecule has 0 bridgehead atoms. The number of anilines is 1. The van der Waals surface area contributed by atoms with E-state index in [2.05, 4.69) is 41.0 Å². The van der Waals surface area contributed by atoms with Crippen molar-refractivity contribution in [3.63, 3.8) is 0 Å². The standard InChI is InChI=1S/C21H26N2O3/c1-16-4-2-3-5-18(16)23-10-8-22(9-11-23)15-19(24)17-6-7-20-21(14-17)26-13-12-25-20/h2-7,14,19,24H,8-13,15H2,1H3. The van der Waals surface area contributed by atoms with Crippen LogP contribution >= 0.6 is 0 Å². The number of ether oxygens (including phenoxy) is 2. The quantitative estimate of drug-likeness (QED) is 0.914. The first kappa shape index (κ1) is 17.2. The molecule has 5 nitrogen and oxygen atoms in total. The van der Waals surface area contributed by atoms with E-state index in [-0.39, 0.29) is 0 Å². The fourth-order valence-electron chi connectivity index (χ4n) is 3.71. The molecule has 2 aliphatic heterocycles. The van der Waals surface area contributed by atoms with Crippen molar-refractivity contribution in [3.05, 3.63) is 53.6 Å². The molecule has 138 valence electrons. The second-order valence-corrected chi connectivity index (χ2v) is 6.99. The zero-order valence-corrected chi connectivity index (χ0v) is 15.2. The summed E-state index contributed by atoms with van der Waals surface area (Å²) < 4.78 is 11.2. The summed E-state index contributed by atoms with van der Waals surface area (Å²) in [5, 5.41) is 10.6. The number of β-amino-alcohol motifs (C(OH)–C–C–N with tert-alkyl or cyclic N) is 1. The molecular formula is C21H26N2O3. The zero-order chi connectivity index (χ0) is 17.9. The number of rotatable bonds is 4. The molecule has 0 aromatic heterocycles. The van der Waals surface area contributed by atoms with Crippen LogP contribution in [-0.2, 0) is 0 Å². The number of para-hydroxylation sites is 1. The van der Waals surface area contributed by atoms with Crippen molar-refractivity contribution in [2.75, 3.05) is 50.8 Å². The van der Waals surface area contributed by atoms with Gasteiger partial charge in [0.05, 0.1) is 6.10 Å². The molecule has 1 N–H and O–H groups in total. The molecule has 0 radical (unpaired) electrons. The first-order valence-electron chi connectivity index (χ1n) is 9.31. The Hall–Kier alpha value is -2.24. The van der Waals surface area contributed by atoms with Gasteiger partial charge in [-0.3, -0.25) is 4.90 Å². The van der Waals surface area contributed by atoms with Crippen molar-refractivity contribution in [2.45, 2.75) is 13.0 Å². The van der Waals surface area contributed by atoms with Crippen LogP contribution in [-0.4, -0.2) is 55.9 Å². The van der Waals surface area contributed by atoms with Gasteiger partial charge in [0.2, 0.25) is 0 Å². The molecule has 2 aromatic carbocycles. The van der Waals surface area contributed by atoms with Crippen LogP contribution in [0.15, 0.2) is 42.5 Å². The third-order valence-corrected chi connectivity index (χ3v) is 5.21. The second-order valence-electron chi connectivity index (χ2n) is 6.99. The first-order chi connectivity index (χ1) is 12.7. The van der Waals surface area contributed by atoms with Gasteiger partial charge < -0.3 is 19.5 Å². The molecule has 1 atom stereocenters. The number of hydrogen-bond donors (Lipinski definition) is 1. The fraction of sp³-hybridized carbons (Fsp3) is 0.429. The second kappa shape index (κ2) is 7.56. The van der Waals surface area contributed by atoms with Gasteiger partial charge in [-0.2, -0.15) is 0 Å². The summed E-state index contributed by atoms with van der Waals surface area (Å²) in [6, 6.07) is 14.3. The van der Waals surface area contributed by atoms with Crippen molar-refractivity contribution in [1.29, 1.82) is 0 Å². The lowest BCUT2D eigenvalue weighted by Crippen LogP contribution is -2.47. The molecule has 26 heavy (non-hydrogen) atoms. The normalized spacial score (nSPS) is 18.6. The van der Waals surface area contributed by atoms with Crippen molar-refractivity contribution >= 4 is 5.69 Å². The highest BCUT2D eigenvalue weighted by Gasteiger charge is 2.22. The van der Waals surface area contributed by atoms with Gasteiger partial charge in [0, 0.05) is 38.4 Å². The van der Waals surface area contributed by atoms with Crippen molar-refractivity contribution in [3.8, 4) is 11.5 Å². The summed E-state index contributed by atoms with van der Waals surface area (Å²) in [4.78, 5) is 4.76. The summed E-state index contributed by atoms with van der Waals surface area (Å²) in [7, 11) is 0. The van der Waals surface area contributed by atoms with E-state index in [0.29, 0.717) is 19.8 Å². The first-order valence-corrected chi connectivity index (χ1v) is 9.31. The average molecular weight is 354 g/mol. The molecule has 1 saturated heterocycles. The van der Waals surface area contributed by atoms with Crippen LogP contribution in [0, 0.1) is 6.92 Å². The number of aliphatic hydroxyl groups excluding tert-OH is 1. The van der Waals surface area contributed by atoms with Gasteiger partial charge in [-0.1, -0.05) is 24.3 Å². The molecule has 2 aromatic rings. The molecule has 0 amide bonds. The van der Waals surface area contributed by atoms with E-state index in [1.807, 2.05) is 18.2 Å². The summed E-state index contributed by atoms with van der Waals surface area (Å²) in [5.41, 5.74) is 3.52. The predicted octanol–water partition coefficient (Wildman–Crippen LogP) is 2.62. The van der Waals surface area contributed by atoms with E-state index < -0.39 is 6.10 Å². The lowest BCUT2D eigenvalue weighted by molar-refractivity contribution is 0.108. The third-order valence-electron chi connectivity index (χ3n) is 5.21. The number of fused-ring (bicyclic) bond motifs is 1. The van der Waals surface area contributed by atoms with Gasteiger partial charge in [0.1, 0.15) is 13.2 Å². The van der Waals surface area contributed by atoms with E-state index in [1.165, 1.54) is 11.3 Å². The van der Waals surface area contributed by atoms with Gasteiger partial charge in [-0.15, -0.1) is 0 Å². The molecule has 0 aliphatic carbocycles. The smallest absolute Gasteiger partial charge is 0.161 e. The Balaban J connectivity index is 1.35. The minimum atomic E-state index is -0.518. The van der Waals surface area contributed by atoms with Crippen LogP contribution in [0.5, 0.6) is 11.5 Å². The highest BCUT2D eigenvalue weighted by Crippen LogP contribution is 2.33. The molecule has 2 aliphatic rings. The molecule has 0 spiro atoms. The third kappa shape index (κ3) is 3.64. The van der Waals surface area contributed by atoms with Crippen LogP contribution in [0.3, 0.4) is 0 Å². The van der Waals surface area contributed by atoms with Gasteiger partial charge in [-0.25, -0.2) is 0 Å². The lowest BCUT2D eigenvalue weighted by Gasteiger charge is -2.37. The summed E-state index contributed by atoms with van der Waals surface area (Å²) in [6.07, 6.45) is -0.518. The van der Waals surface area contributed by atoms with Gasteiger partial charge >= 0.3 is 0 Å². The molecule has 5 heteroatoms. The number of aryl methyl sites for hydroxylation is 1. The molecular weight excluding hydrogens is 328 g/mol. The molecule has 1 fully saturated rings. The van der Waals surface area contributed by atoms with Crippen LogP contribution in [0.2, 0.25) is 0 Å². The predicted molar refractivity (Wildman–Crippen MR) is 102 cm³/mol. The van der Waals surface area contributed by atoms with Crippen LogP contribution in [0.25, 0.3) is 0 Å². The maximum absolute atomic E-state index is 10.6. The Bertz CT molecular complexity index is 757.